The van der Waals surface area contributed by atoms with Crippen molar-refractivity contribution in [1.29, 1.82) is 0 Å². The number of hydrogen-bond donors (Lipinski definition) is 3. The minimum absolute atomic E-state index is 0.0332. The maximum absolute atomic E-state index is 12.4. The third-order valence-electron chi connectivity index (χ3n) is 5.11. The fourth-order valence-corrected chi connectivity index (χ4v) is 5.11. The number of carbonyl (C=O) groups is 1. The van der Waals surface area contributed by atoms with E-state index >= 15 is 0 Å². The van der Waals surface area contributed by atoms with Crippen molar-refractivity contribution in [3.63, 3.8) is 0 Å². The lowest BCUT2D eigenvalue weighted by atomic mass is 9.97. The third-order valence-corrected chi connectivity index (χ3v) is 7.07. The summed E-state index contributed by atoms with van der Waals surface area (Å²) in [6.07, 6.45) is 4.43. The molecule has 0 spiro atoms. The molecule has 3 rings (SSSR count). The largest absolute Gasteiger partial charge is 0.394 e. The summed E-state index contributed by atoms with van der Waals surface area (Å²) in [6, 6.07) is 9.54. The van der Waals surface area contributed by atoms with E-state index in [1.165, 1.54) is 12.1 Å². The zero-order chi connectivity index (χ0) is 22.3. The van der Waals surface area contributed by atoms with E-state index in [1.807, 2.05) is 6.07 Å². The Labute approximate surface area is 187 Å². The first-order valence-electron chi connectivity index (χ1n) is 10.1. The van der Waals surface area contributed by atoms with Gasteiger partial charge in [-0.25, -0.2) is 13.1 Å². The Morgan fingerprint density at radius 2 is 2.03 bits per heavy atom. The van der Waals surface area contributed by atoms with Gasteiger partial charge in [-0.2, -0.15) is 0 Å². The average Bonchev–Trinajstić information content (AvgIpc) is 2.75. The molecule has 31 heavy (non-hydrogen) atoms. The van der Waals surface area contributed by atoms with Crippen LogP contribution in [0.2, 0.25) is 5.02 Å². The van der Waals surface area contributed by atoms with Gasteiger partial charge in [0.1, 0.15) is 11.0 Å². The van der Waals surface area contributed by atoms with Crippen LogP contribution in [0.15, 0.2) is 53.7 Å². The minimum atomic E-state index is -3.72. The van der Waals surface area contributed by atoms with Crippen molar-refractivity contribution < 1.29 is 23.1 Å². The molecular formula is C21H26ClN3O5S. The van der Waals surface area contributed by atoms with E-state index in [0.717, 1.165) is 5.56 Å². The number of aliphatic hydroxyl groups excluding tert-OH is 1. The second kappa shape index (κ2) is 11.0. The lowest BCUT2D eigenvalue weighted by Crippen LogP contribution is -2.51. The molecule has 0 bridgehead atoms. The van der Waals surface area contributed by atoms with Crippen LogP contribution in [0.4, 0.5) is 0 Å². The molecule has 2 heterocycles. The number of sulfonamides is 1. The smallest absolute Gasteiger partial charge is 0.242 e. The lowest BCUT2D eigenvalue weighted by molar-refractivity contribution is -0.127. The predicted octanol–water partition coefficient (Wildman–Crippen LogP) is 1.67. The van der Waals surface area contributed by atoms with Crippen LogP contribution >= 0.6 is 11.6 Å². The van der Waals surface area contributed by atoms with Crippen LogP contribution in [0.5, 0.6) is 0 Å². The van der Waals surface area contributed by atoms with Crippen LogP contribution in [0.3, 0.4) is 0 Å². The molecule has 0 saturated carbocycles. The SMILES string of the molecule is O=C(Cc1cccnc1)N[C@@H]1CC[C@@H](CCNS(=O)(=O)c2ccccc2Cl)O[C@H]1CO. The molecule has 1 aromatic heterocycles. The number of aromatic nitrogens is 1. The van der Waals surface area contributed by atoms with E-state index in [0.29, 0.717) is 19.3 Å². The minimum Gasteiger partial charge on any atom is -0.394 e. The molecule has 0 radical (unpaired) electrons. The topological polar surface area (TPSA) is 118 Å². The molecule has 3 N–H and O–H groups in total. The molecule has 0 aliphatic carbocycles. The second-order valence-electron chi connectivity index (χ2n) is 7.39. The van der Waals surface area contributed by atoms with Crippen molar-refractivity contribution in [2.75, 3.05) is 13.2 Å². The number of benzene rings is 1. The second-order valence-corrected chi connectivity index (χ2v) is 9.53. The first-order valence-corrected chi connectivity index (χ1v) is 11.9. The molecule has 3 atom stereocenters. The summed E-state index contributed by atoms with van der Waals surface area (Å²) in [4.78, 5) is 16.3. The molecule has 8 nitrogen and oxygen atoms in total. The lowest BCUT2D eigenvalue weighted by Gasteiger charge is -2.36. The summed E-state index contributed by atoms with van der Waals surface area (Å²) in [6.45, 7) is -0.0614. The van der Waals surface area contributed by atoms with Crippen LogP contribution in [-0.2, 0) is 26.0 Å². The van der Waals surface area contributed by atoms with E-state index in [2.05, 4.69) is 15.0 Å². The zero-order valence-corrected chi connectivity index (χ0v) is 18.5. The van der Waals surface area contributed by atoms with Gasteiger partial charge in [0.25, 0.3) is 0 Å². The molecule has 1 saturated heterocycles. The van der Waals surface area contributed by atoms with Crippen LogP contribution in [0.1, 0.15) is 24.8 Å². The van der Waals surface area contributed by atoms with Gasteiger partial charge in [0, 0.05) is 18.9 Å². The maximum Gasteiger partial charge on any atom is 0.242 e. The average molecular weight is 468 g/mol. The van der Waals surface area contributed by atoms with Gasteiger partial charge in [-0.15, -0.1) is 0 Å². The van der Waals surface area contributed by atoms with E-state index < -0.39 is 16.1 Å². The summed E-state index contributed by atoms with van der Waals surface area (Å²) in [5.74, 6) is -0.161. The predicted molar refractivity (Wildman–Crippen MR) is 116 cm³/mol. The monoisotopic (exact) mass is 467 g/mol. The van der Waals surface area contributed by atoms with Gasteiger partial charge in [-0.1, -0.05) is 29.8 Å². The molecule has 1 aromatic carbocycles. The van der Waals surface area contributed by atoms with Crippen molar-refractivity contribution >= 4 is 27.5 Å². The number of hydrogen-bond acceptors (Lipinski definition) is 6. The molecule has 10 heteroatoms. The van der Waals surface area contributed by atoms with Gasteiger partial charge in [0.15, 0.2) is 0 Å². The molecule has 2 aromatic rings. The quantitative estimate of drug-likeness (QED) is 0.516. The van der Waals surface area contributed by atoms with E-state index in [4.69, 9.17) is 16.3 Å². The zero-order valence-electron chi connectivity index (χ0n) is 16.9. The standard InChI is InChI=1S/C21H26ClN3O5S/c22-17-5-1-2-6-20(17)31(28,29)24-11-9-16-7-8-18(19(14-26)30-16)25-21(27)12-15-4-3-10-23-13-15/h1-6,10,13,16,18-19,24,26H,7-9,11-12,14H2,(H,25,27)/t16-,18+,19-/m0/s1. The Bertz CT molecular complexity index is 974. The Morgan fingerprint density at radius 3 is 2.74 bits per heavy atom. The van der Waals surface area contributed by atoms with Crippen molar-refractivity contribution in [2.45, 2.75) is 48.8 Å². The van der Waals surface area contributed by atoms with Gasteiger partial charge in [0.2, 0.25) is 15.9 Å². The molecule has 1 amide bonds. The number of rotatable bonds is 9. The summed E-state index contributed by atoms with van der Waals surface area (Å²) >= 11 is 5.97. The van der Waals surface area contributed by atoms with Gasteiger partial charge >= 0.3 is 0 Å². The Balaban J connectivity index is 1.47. The maximum atomic E-state index is 12.4. The molecule has 1 aliphatic heterocycles. The fraction of sp³-hybridized carbons (Fsp3) is 0.429. The third kappa shape index (κ3) is 6.72. The van der Waals surface area contributed by atoms with Crippen LogP contribution in [0.25, 0.3) is 0 Å². The van der Waals surface area contributed by atoms with Gasteiger partial charge < -0.3 is 15.2 Å². The Kier molecular flexibility index (Phi) is 8.39. The number of halogens is 1. The van der Waals surface area contributed by atoms with Crippen molar-refractivity contribution in [1.82, 2.24) is 15.0 Å². The molecular weight excluding hydrogens is 442 g/mol. The van der Waals surface area contributed by atoms with E-state index in [9.17, 15) is 18.3 Å². The summed E-state index contributed by atoms with van der Waals surface area (Å²) < 4.78 is 33.3. The van der Waals surface area contributed by atoms with Crippen molar-refractivity contribution in [3.05, 3.63) is 59.4 Å². The molecule has 1 aliphatic rings. The van der Waals surface area contributed by atoms with Crippen LogP contribution in [-0.4, -0.2) is 55.8 Å². The highest BCUT2D eigenvalue weighted by atomic mass is 35.5. The van der Waals surface area contributed by atoms with Gasteiger partial charge in [0.05, 0.1) is 30.2 Å². The molecule has 1 fully saturated rings. The van der Waals surface area contributed by atoms with Crippen molar-refractivity contribution in [2.24, 2.45) is 0 Å². The number of aliphatic hydroxyl groups is 1. The van der Waals surface area contributed by atoms with Gasteiger partial charge in [-0.05, 0) is 43.0 Å². The number of nitrogens with one attached hydrogen (secondary N) is 2. The van der Waals surface area contributed by atoms with Crippen LogP contribution < -0.4 is 10.0 Å². The first-order chi connectivity index (χ1) is 14.9. The van der Waals surface area contributed by atoms with Gasteiger partial charge in [-0.3, -0.25) is 9.78 Å². The number of pyridine rings is 1. The summed E-state index contributed by atoms with van der Waals surface area (Å²) in [5.41, 5.74) is 0.806. The highest BCUT2D eigenvalue weighted by molar-refractivity contribution is 7.89. The number of amides is 1. The fourth-order valence-electron chi connectivity index (χ4n) is 3.55. The highest BCUT2D eigenvalue weighted by Gasteiger charge is 2.32. The summed E-state index contributed by atoms with van der Waals surface area (Å²) in [7, 11) is -3.72. The van der Waals surface area contributed by atoms with Crippen molar-refractivity contribution in [3.8, 4) is 0 Å². The van der Waals surface area contributed by atoms with Crippen LogP contribution in [0, 0.1) is 0 Å². The molecule has 0 unspecified atom stereocenters. The Morgan fingerprint density at radius 1 is 1.23 bits per heavy atom. The highest BCUT2D eigenvalue weighted by Crippen LogP contribution is 2.23. The number of nitrogens with zero attached hydrogens (tertiary/aromatic N) is 1. The number of ether oxygens (including phenoxy) is 1. The first kappa shape index (κ1) is 23.6. The number of carbonyl (C=O) groups excluding carboxylic acids is 1. The Hall–Kier alpha value is -2.04. The summed E-state index contributed by atoms with van der Waals surface area (Å²) in [5, 5.41) is 12.8. The molecule has 168 valence electrons. The normalized spacial score (nSPS) is 21.5. The van der Waals surface area contributed by atoms with E-state index in [1.54, 1.807) is 30.6 Å². The van der Waals surface area contributed by atoms with E-state index in [-0.39, 0.29) is 47.5 Å².